The van der Waals surface area contributed by atoms with E-state index in [1.165, 1.54) is 47.8 Å². The molecule has 0 aliphatic rings. The maximum absolute atomic E-state index is 12.1. The Labute approximate surface area is 129 Å². The molecule has 3 aromatic rings. The summed E-state index contributed by atoms with van der Waals surface area (Å²) in [5.41, 5.74) is 0.744. The lowest BCUT2D eigenvalue weighted by molar-refractivity contribution is -0.384. The monoisotopic (exact) mass is 310 g/mol. The van der Waals surface area contributed by atoms with Crippen LogP contribution in [0.4, 0.5) is 11.4 Å². The molecule has 9 heteroatoms. The summed E-state index contributed by atoms with van der Waals surface area (Å²) in [7, 11) is 0. The number of pyridine rings is 1. The second-order valence-corrected chi connectivity index (χ2v) is 4.50. The molecule has 0 aliphatic carbocycles. The number of benzene rings is 1. The minimum absolute atomic E-state index is 0.0691. The highest BCUT2D eigenvalue weighted by Gasteiger charge is 2.10. The summed E-state index contributed by atoms with van der Waals surface area (Å²) in [4.78, 5) is 30.1. The molecule has 2 heterocycles. The van der Waals surface area contributed by atoms with E-state index >= 15 is 0 Å². The molecule has 0 fully saturated rings. The molecule has 0 saturated heterocycles. The fourth-order valence-electron chi connectivity index (χ4n) is 1.86. The van der Waals surface area contributed by atoms with Crippen molar-refractivity contribution in [2.45, 2.75) is 0 Å². The van der Waals surface area contributed by atoms with Crippen molar-refractivity contribution in [3.63, 3.8) is 0 Å². The number of anilines is 1. The first-order chi connectivity index (χ1) is 11.1. The van der Waals surface area contributed by atoms with Crippen LogP contribution in [0, 0.1) is 10.1 Å². The number of hydrogen-bond acceptors (Lipinski definition) is 6. The first kappa shape index (κ1) is 14.3. The number of aromatic nitrogens is 4. The molecule has 0 radical (unpaired) electrons. The van der Waals surface area contributed by atoms with Gasteiger partial charge in [-0.05, 0) is 24.3 Å². The lowest BCUT2D eigenvalue weighted by Crippen LogP contribution is -2.12. The highest BCUT2D eigenvalue weighted by molar-refractivity contribution is 6.04. The smallest absolute Gasteiger partial charge is 0.269 e. The minimum Gasteiger partial charge on any atom is -0.321 e. The Bertz CT molecular complexity index is 828. The molecule has 114 valence electrons. The van der Waals surface area contributed by atoms with Gasteiger partial charge in [0, 0.05) is 17.7 Å². The highest BCUT2D eigenvalue weighted by atomic mass is 16.6. The van der Waals surface area contributed by atoms with Crippen molar-refractivity contribution in [1.82, 2.24) is 19.7 Å². The van der Waals surface area contributed by atoms with Gasteiger partial charge in [-0.2, -0.15) is 5.10 Å². The number of nitro benzene ring substituents is 1. The second-order valence-electron chi connectivity index (χ2n) is 4.50. The van der Waals surface area contributed by atoms with E-state index in [4.69, 9.17) is 0 Å². The number of nitrogens with zero attached hydrogens (tertiary/aromatic N) is 5. The van der Waals surface area contributed by atoms with E-state index < -0.39 is 4.92 Å². The van der Waals surface area contributed by atoms with Crippen molar-refractivity contribution in [3.05, 3.63) is 70.9 Å². The van der Waals surface area contributed by atoms with Gasteiger partial charge in [-0.1, -0.05) is 0 Å². The Kier molecular flexibility index (Phi) is 3.75. The van der Waals surface area contributed by atoms with Crippen molar-refractivity contribution in [2.75, 3.05) is 5.32 Å². The maximum atomic E-state index is 12.1. The average molecular weight is 310 g/mol. The first-order valence-electron chi connectivity index (χ1n) is 6.50. The zero-order valence-electron chi connectivity index (χ0n) is 11.7. The molecule has 2 aromatic heterocycles. The van der Waals surface area contributed by atoms with E-state index in [2.05, 4.69) is 20.4 Å². The molecule has 9 nitrogen and oxygen atoms in total. The number of non-ortho nitro benzene ring substituents is 1. The van der Waals surface area contributed by atoms with Gasteiger partial charge in [0.1, 0.15) is 12.7 Å². The Hall–Kier alpha value is -3.62. The Morgan fingerprint density at radius 1 is 1.17 bits per heavy atom. The molecule has 0 saturated carbocycles. The molecule has 0 unspecified atom stereocenters. The van der Waals surface area contributed by atoms with E-state index in [1.54, 1.807) is 12.1 Å². The molecule has 1 aromatic carbocycles. The SMILES string of the molecule is O=C(Nc1ccc(-n2cncn2)nc1)c1ccc([N+](=O)[O-])cc1. The molecule has 1 N–H and O–H groups in total. The van der Waals surface area contributed by atoms with Crippen LogP contribution in [0.25, 0.3) is 5.82 Å². The average Bonchev–Trinajstić information content (AvgIpc) is 3.10. The second kappa shape index (κ2) is 6.02. The number of nitro groups is 1. The van der Waals surface area contributed by atoms with E-state index in [0.717, 1.165) is 0 Å². The fraction of sp³-hybridized carbons (Fsp3) is 0. The number of amides is 1. The summed E-state index contributed by atoms with van der Waals surface area (Å²) in [6, 6.07) is 8.70. The fourth-order valence-corrected chi connectivity index (χ4v) is 1.86. The quantitative estimate of drug-likeness (QED) is 0.580. The van der Waals surface area contributed by atoms with E-state index in [-0.39, 0.29) is 11.6 Å². The predicted octanol–water partition coefficient (Wildman–Crippen LogP) is 1.82. The number of carbonyl (C=O) groups is 1. The van der Waals surface area contributed by atoms with Gasteiger partial charge in [0.25, 0.3) is 11.6 Å². The number of hydrogen-bond donors (Lipinski definition) is 1. The Morgan fingerprint density at radius 2 is 1.96 bits per heavy atom. The molecule has 23 heavy (non-hydrogen) atoms. The van der Waals surface area contributed by atoms with Crippen LogP contribution in [-0.4, -0.2) is 30.6 Å². The van der Waals surface area contributed by atoms with Crippen molar-refractivity contribution >= 4 is 17.3 Å². The predicted molar refractivity (Wildman–Crippen MR) is 80.2 cm³/mol. The summed E-state index contributed by atoms with van der Waals surface area (Å²) >= 11 is 0. The van der Waals surface area contributed by atoms with Gasteiger partial charge in [0.2, 0.25) is 0 Å². The van der Waals surface area contributed by atoms with Gasteiger partial charge >= 0.3 is 0 Å². The van der Waals surface area contributed by atoms with Crippen LogP contribution in [0.2, 0.25) is 0 Å². The van der Waals surface area contributed by atoms with Gasteiger partial charge in [0.05, 0.1) is 16.8 Å². The largest absolute Gasteiger partial charge is 0.321 e. The van der Waals surface area contributed by atoms with Crippen LogP contribution in [0.15, 0.2) is 55.2 Å². The van der Waals surface area contributed by atoms with Crippen molar-refractivity contribution in [2.24, 2.45) is 0 Å². The minimum atomic E-state index is -0.519. The third kappa shape index (κ3) is 3.18. The molecule has 0 spiro atoms. The number of carbonyl (C=O) groups excluding carboxylic acids is 1. The van der Waals surface area contributed by atoms with Crippen LogP contribution >= 0.6 is 0 Å². The van der Waals surface area contributed by atoms with Crippen molar-refractivity contribution in [3.8, 4) is 5.82 Å². The zero-order chi connectivity index (χ0) is 16.2. The molecule has 1 amide bonds. The van der Waals surface area contributed by atoms with Gasteiger partial charge in [-0.15, -0.1) is 0 Å². The summed E-state index contributed by atoms with van der Waals surface area (Å²) in [6.07, 6.45) is 4.39. The lowest BCUT2D eigenvalue weighted by atomic mass is 10.2. The van der Waals surface area contributed by atoms with Crippen LogP contribution in [0.5, 0.6) is 0 Å². The Morgan fingerprint density at radius 3 is 2.52 bits per heavy atom. The first-order valence-corrected chi connectivity index (χ1v) is 6.50. The maximum Gasteiger partial charge on any atom is 0.269 e. The molecule has 3 rings (SSSR count). The third-order valence-electron chi connectivity index (χ3n) is 3.00. The van der Waals surface area contributed by atoms with Gasteiger partial charge < -0.3 is 5.32 Å². The summed E-state index contributed by atoms with van der Waals surface area (Å²) < 4.78 is 1.49. The van der Waals surface area contributed by atoms with E-state index in [1.807, 2.05) is 0 Å². The molecule has 0 aliphatic heterocycles. The van der Waals surface area contributed by atoms with Crippen LogP contribution in [-0.2, 0) is 0 Å². The van der Waals surface area contributed by atoms with Crippen LogP contribution < -0.4 is 5.32 Å². The van der Waals surface area contributed by atoms with Gasteiger partial charge in [-0.3, -0.25) is 14.9 Å². The lowest BCUT2D eigenvalue weighted by Gasteiger charge is -2.06. The highest BCUT2D eigenvalue weighted by Crippen LogP contribution is 2.14. The van der Waals surface area contributed by atoms with Crippen LogP contribution in [0.1, 0.15) is 10.4 Å². The molecule has 0 bridgehead atoms. The standard InChI is InChI=1S/C14H10N6O3/c21-14(10-1-4-12(5-2-10)20(22)23)18-11-3-6-13(16-7-11)19-9-15-8-17-19/h1-9H,(H,18,21). The third-order valence-corrected chi connectivity index (χ3v) is 3.00. The summed E-state index contributed by atoms with van der Waals surface area (Å²) in [5.74, 6) is 0.186. The number of nitrogens with one attached hydrogen (secondary N) is 1. The van der Waals surface area contributed by atoms with Crippen LogP contribution in [0.3, 0.4) is 0 Å². The zero-order valence-corrected chi connectivity index (χ0v) is 11.7. The van der Waals surface area contributed by atoms with Crippen molar-refractivity contribution < 1.29 is 9.72 Å². The van der Waals surface area contributed by atoms with Crippen molar-refractivity contribution in [1.29, 1.82) is 0 Å². The topological polar surface area (TPSA) is 116 Å². The van der Waals surface area contributed by atoms with E-state index in [0.29, 0.717) is 17.1 Å². The summed E-state index contributed by atoms with van der Waals surface area (Å²) in [6.45, 7) is 0. The molecule has 0 atom stereocenters. The number of rotatable bonds is 4. The molecular formula is C14H10N6O3. The van der Waals surface area contributed by atoms with E-state index in [9.17, 15) is 14.9 Å². The molecular weight excluding hydrogens is 300 g/mol. The van der Waals surface area contributed by atoms with Gasteiger partial charge in [-0.25, -0.2) is 14.6 Å². The Balaban J connectivity index is 1.71. The summed E-state index contributed by atoms with van der Waals surface area (Å²) in [5, 5.41) is 17.2. The normalized spacial score (nSPS) is 10.3. The van der Waals surface area contributed by atoms with Gasteiger partial charge in [0.15, 0.2) is 5.82 Å².